The van der Waals surface area contributed by atoms with Gasteiger partial charge >= 0.3 is 0 Å². The second kappa shape index (κ2) is 5.81. The second-order valence-corrected chi connectivity index (χ2v) is 6.92. The lowest BCUT2D eigenvalue weighted by atomic mass is 10.1. The van der Waals surface area contributed by atoms with Gasteiger partial charge in [0.05, 0.1) is 5.39 Å². The predicted molar refractivity (Wildman–Crippen MR) is 97.8 cm³/mol. The van der Waals surface area contributed by atoms with E-state index in [4.69, 9.17) is 0 Å². The third-order valence-electron chi connectivity index (χ3n) is 4.74. The number of anilines is 2. The van der Waals surface area contributed by atoms with E-state index >= 15 is 0 Å². The van der Waals surface area contributed by atoms with Gasteiger partial charge in [0, 0.05) is 31.9 Å². The Hall–Kier alpha value is -2.14. The van der Waals surface area contributed by atoms with Crippen LogP contribution in [-0.4, -0.2) is 36.1 Å². The molecule has 0 radical (unpaired) electrons. The molecule has 0 atom stereocenters. The molecule has 0 N–H and O–H groups in total. The predicted octanol–water partition coefficient (Wildman–Crippen LogP) is 3.63. The first-order valence-corrected chi connectivity index (χ1v) is 8.86. The standard InChI is InChI=1S/C18H20N4S/c1-13-4-3-5-16(14(13)2)21-7-9-22(10-8-21)17-15-6-11-23-18(15)20-12-19-17/h3-6,11-12H,7-10H2,1-2H3. The Morgan fingerprint density at radius 2 is 1.74 bits per heavy atom. The zero-order valence-corrected chi connectivity index (χ0v) is 14.3. The normalized spacial score (nSPS) is 15.4. The minimum Gasteiger partial charge on any atom is -0.368 e. The van der Waals surface area contributed by atoms with Crippen molar-refractivity contribution in [2.75, 3.05) is 36.0 Å². The summed E-state index contributed by atoms with van der Waals surface area (Å²) >= 11 is 1.68. The fourth-order valence-electron chi connectivity index (χ4n) is 3.27. The summed E-state index contributed by atoms with van der Waals surface area (Å²) < 4.78 is 0. The second-order valence-electron chi connectivity index (χ2n) is 6.03. The molecule has 0 aliphatic carbocycles. The monoisotopic (exact) mass is 324 g/mol. The van der Waals surface area contributed by atoms with Crippen LogP contribution in [0.1, 0.15) is 11.1 Å². The van der Waals surface area contributed by atoms with Gasteiger partial charge in [-0.1, -0.05) is 12.1 Å². The van der Waals surface area contributed by atoms with Crippen molar-refractivity contribution in [3.63, 3.8) is 0 Å². The number of hydrogen-bond donors (Lipinski definition) is 0. The molecule has 0 unspecified atom stereocenters. The number of aryl methyl sites for hydroxylation is 1. The molecule has 3 heterocycles. The summed E-state index contributed by atoms with van der Waals surface area (Å²) in [6.07, 6.45) is 1.69. The molecule has 4 nitrogen and oxygen atoms in total. The molecular formula is C18H20N4S. The largest absolute Gasteiger partial charge is 0.368 e. The van der Waals surface area contributed by atoms with Gasteiger partial charge < -0.3 is 9.80 Å². The number of piperazine rings is 1. The molecular weight excluding hydrogens is 304 g/mol. The van der Waals surface area contributed by atoms with Crippen molar-refractivity contribution in [3.8, 4) is 0 Å². The van der Waals surface area contributed by atoms with E-state index in [0.29, 0.717) is 0 Å². The molecule has 1 fully saturated rings. The first kappa shape index (κ1) is 14.5. The van der Waals surface area contributed by atoms with Gasteiger partial charge in [-0.2, -0.15) is 0 Å². The highest BCUT2D eigenvalue weighted by molar-refractivity contribution is 7.16. The maximum Gasteiger partial charge on any atom is 0.140 e. The van der Waals surface area contributed by atoms with Crippen LogP contribution >= 0.6 is 11.3 Å². The van der Waals surface area contributed by atoms with Gasteiger partial charge in [0.25, 0.3) is 0 Å². The van der Waals surface area contributed by atoms with Crippen molar-refractivity contribution in [2.24, 2.45) is 0 Å². The van der Waals surface area contributed by atoms with E-state index in [1.807, 2.05) is 0 Å². The molecule has 1 aliphatic heterocycles. The van der Waals surface area contributed by atoms with Gasteiger partial charge in [0.2, 0.25) is 0 Å². The zero-order valence-electron chi connectivity index (χ0n) is 13.5. The van der Waals surface area contributed by atoms with Crippen LogP contribution in [0.3, 0.4) is 0 Å². The molecule has 0 bridgehead atoms. The van der Waals surface area contributed by atoms with Gasteiger partial charge in [-0.3, -0.25) is 0 Å². The Balaban J connectivity index is 1.55. The summed E-state index contributed by atoms with van der Waals surface area (Å²) in [4.78, 5) is 14.8. The Kier molecular flexibility index (Phi) is 3.65. The summed E-state index contributed by atoms with van der Waals surface area (Å²) in [5, 5.41) is 3.27. The fourth-order valence-corrected chi connectivity index (χ4v) is 3.99. The van der Waals surface area contributed by atoms with Crippen molar-refractivity contribution in [1.82, 2.24) is 9.97 Å². The molecule has 3 aromatic rings. The maximum atomic E-state index is 4.54. The number of fused-ring (bicyclic) bond motifs is 1. The third-order valence-corrected chi connectivity index (χ3v) is 5.56. The van der Waals surface area contributed by atoms with E-state index in [-0.39, 0.29) is 0 Å². The molecule has 4 rings (SSSR count). The zero-order chi connectivity index (χ0) is 15.8. The van der Waals surface area contributed by atoms with Crippen molar-refractivity contribution >= 4 is 33.1 Å². The summed E-state index contributed by atoms with van der Waals surface area (Å²) in [7, 11) is 0. The average molecular weight is 324 g/mol. The smallest absolute Gasteiger partial charge is 0.140 e. The average Bonchev–Trinajstić information content (AvgIpc) is 3.06. The van der Waals surface area contributed by atoms with Crippen LogP contribution < -0.4 is 9.80 Å². The SMILES string of the molecule is Cc1cccc(N2CCN(c3ncnc4sccc34)CC2)c1C. The Morgan fingerprint density at radius 1 is 0.957 bits per heavy atom. The number of rotatable bonds is 2. The van der Waals surface area contributed by atoms with Gasteiger partial charge in [-0.25, -0.2) is 9.97 Å². The van der Waals surface area contributed by atoms with E-state index in [1.54, 1.807) is 17.7 Å². The molecule has 2 aromatic heterocycles. The van der Waals surface area contributed by atoms with Gasteiger partial charge in [0.15, 0.2) is 0 Å². The van der Waals surface area contributed by atoms with Gasteiger partial charge in [0.1, 0.15) is 17.0 Å². The third kappa shape index (κ3) is 2.55. The fraction of sp³-hybridized carbons (Fsp3) is 0.333. The lowest BCUT2D eigenvalue weighted by molar-refractivity contribution is 0.647. The van der Waals surface area contributed by atoms with E-state index in [1.165, 1.54) is 22.2 Å². The minimum atomic E-state index is 0.995. The molecule has 118 valence electrons. The molecule has 23 heavy (non-hydrogen) atoms. The topological polar surface area (TPSA) is 32.3 Å². The number of thiophene rings is 1. The highest BCUT2D eigenvalue weighted by Gasteiger charge is 2.21. The molecule has 5 heteroatoms. The van der Waals surface area contributed by atoms with E-state index in [0.717, 1.165) is 36.8 Å². The number of hydrogen-bond acceptors (Lipinski definition) is 5. The summed E-state index contributed by atoms with van der Waals surface area (Å²) in [6, 6.07) is 8.71. The Bertz CT molecular complexity index is 834. The van der Waals surface area contributed by atoms with Crippen molar-refractivity contribution in [2.45, 2.75) is 13.8 Å². The van der Waals surface area contributed by atoms with Crippen LogP contribution in [0.4, 0.5) is 11.5 Å². The molecule has 0 spiro atoms. The first-order chi connectivity index (χ1) is 11.2. The Morgan fingerprint density at radius 3 is 2.57 bits per heavy atom. The van der Waals surface area contributed by atoms with Gasteiger partial charge in [-0.15, -0.1) is 11.3 Å². The summed E-state index contributed by atoms with van der Waals surface area (Å²) in [5.41, 5.74) is 4.12. The molecule has 1 saturated heterocycles. The molecule has 0 amide bonds. The van der Waals surface area contributed by atoms with Crippen LogP contribution in [0.2, 0.25) is 0 Å². The van der Waals surface area contributed by atoms with Crippen LogP contribution in [-0.2, 0) is 0 Å². The number of aromatic nitrogens is 2. The Labute approximate surface area is 140 Å². The van der Waals surface area contributed by atoms with Crippen molar-refractivity contribution < 1.29 is 0 Å². The molecule has 0 saturated carbocycles. The quantitative estimate of drug-likeness (QED) is 0.720. The first-order valence-electron chi connectivity index (χ1n) is 7.98. The van der Waals surface area contributed by atoms with Crippen LogP contribution in [0.25, 0.3) is 10.2 Å². The summed E-state index contributed by atoms with van der Waals surface area (Å²) in [6.45, 7) is 8.45. The van der Waals surface area contributed by atoms with Crippen LogP contribution in [0, 0.1) is 13.8 Å². The van der Waals surface area contributed by atoms with Crippen LogP contribution in [0.5, 0.6) is 0 Å². The number of nitrogens with zero attached hydrogens (tertiary/aromatic N) is 4. The maximum absolute atomic E-state index is 4.54. The highest BCUT2D eigenvalue weighted by atomic mass is 32.1. The van der Waals surface area contributed by atoms with Crippen molar-refractivity contribution in [3.05, 3.63) is 47.1 Å². The lowest BCUT2D eigenvalue weighted by Gasteiger charge is -2.37. The van der Waals surface area contributed by atoms with Crippen LogP contribution in [0.15, 0.2) is 36.0 Å². The van der Waals surface area contributed by atoms with E-state index < -0.39 is 0 Å². The molecule has 1 aliphatic rings. The molecule has 1 aromatic carbocycles. The van der Waals surface area contributed by atoms with E-state index in [2.05, 4.69) is 63.3 Å². The van der Waals surface area contributed by atoms with E-state index in [9.17, 15) is 0 Å². The highest BCUT2D eigenvalue weighted by Crippen LogP contribution is 2.29. The minimum absolute atomic E-state index is 0.995. The summed E-state index contributed by atoms with van der Waals surface area (Å²) in [5.74, 6) is 1.08. The van der Waals surface area contributed by atoms with Gasteiger partial charge in [-0.05, 0) is 42.5 Å². The van der Waals surface area contributed by atoms with Crippen molar-refractivity contribution in [1.29, 1.82) is 0 Å². The lowest BCUT2D eigenvalue weighted by Crippen LogP contribution is -2.47. The number of benzene rings is 1.